The summed E-state index contributed by atoms with van der Waals surface area (Å²) in [6.07, 6.45) is 1.59. The van der Waals surface area contributed by atoms with Gasteiger partial charge in [-0.15, -0.1) is 0 Å². The van der Waals surface area contributed by atoms with E-state index in [0.29, 0.717) is 34.5 Å². The average molecular weight is 516 g/mol. The number of benzene rings is 2. The molecule has 0 bridgehead atoms. The van der Waals surface area contributed by atoms with E-state index in [4.69, 9.17) is 15.7 Å². The fourth-order valence-electron chi connectivity index (χ4n) is 3.53. The molecule has 2 amide bonds. The van der Waals surface area contributed by atoms with E-state index in [1.807, 2.05) is 13.8 Å². The quantitative estimate of drug-likeness (QED) is 0.111. The molecule has 38 heavy (non-hydrogen) atoms. The Morgan fingerprint density at radius 2 is 1.76 bits per heavy atom. The molecular weight excluding hydrogens is 486 g/mol. The second-order valence-electron chi connectivity index (χ2n) is 8.71. The molecule has 1 heterocycles. The number of esters is 1. The molecule has 10 nitrogen and oxygen atoms in total. The van der Waals surface area contributed by atoms with Crippen molar-refractivity contribution >= 4 is 35.4 Å². The fourth-order valence-corrected chi connectivity index (χ4v) is 3.53. The van der Waals surface area contributed by atoms with E-state index in [-0.39, 0.29) is 28.7 Å². The third kappa shape index (κ3) is 6.41. The summed E-state index contributed by atoms with van der Waals surface area (Å²) >= 11 is 0. The van der Waals surface area contributed by atoms with Crippen molar-refractivity contribution in [2.75, 3.05) is 19.0 Å². The van der Waals surface area contributed by atoms with Crippen LogP contribution in [0.25, 0.3) is 17.2 Å². The maximum Gasteiger partial charge on any atom is 0.357 e. The lowest BCUT2D eigenvalue weighted by Crippen LogP contribution is -2.28. The second kappa shape index (κ2) is 12.3. The summed E-state index contributed by atoms with van der Waals surface area (Å²) < 4.78 is 4.92. The molecular formula is C28H29N5O5. The third-order valence-electron chi connectivity index (χ3n) is 5.54. The van der Waals surface area contributed by atoms with Crippen LogP contribution in [0.2, 0.25) is 0 Å². The number of carbonyl (C=O) groups excluding carboxylic acids is 3. The molecule has 0 unspecified atom stereocenters. The summed E-state index contributed by atoms with van der Waals surface area (Å²) in [6.45, 7) is 8.14. The van der Waals surface area contributed by atoms with Crippen LogP contribution < -0.4 is 16.4 Å². The van der Waals surface area contributed by atoms with Crippen molar-refractivity contribution in [1.29, 1.82) is 0 Å². The summed E-state index contributed by atoms with van der Waals surface area (Å²) in [5.74, 6) is -1.47. The molecule has 1 aromatic heterocycles. The zero-order valence-corrected chi connectivity index (χ0v) is 21.3. The number of methoxy groups -OCH3 is 1. The van der Waals surface area contributed by atoms with E-state index in [0.717, 1.165) is 0 Å². The first-order valence-corrected chi connectivity index (χ1v) is 11.7. The first-order chi connectivity index (χ1) is 18.2. The van der Waals surface area contributed by atoms with Gasteiger partial charge >= 0.3 is 5.97 Å². The van der Waals surface area contributed by atoms with Crippen LogP contribution in [0.3, 0.4) is 0 Å². The van der Waals surface area contributed by atoms with Crippen molar-refractivity contribution in [3.8, 4) is 11.1 Å². The van der Waals surface area contributed by atoms with Crippen LogP contribution in [0.15, 0.2) is 66.3 Å². The van der Waals surface area contributed by atoms with Gasteiger partial charge < -0.3 is 26.3 Å². The van der Waals surface area contributed by atoms with Crippen LogP contribution in [0.5, 0.6) is 0 Å². The molecule has 3 aromatic rings. The highest BCUT2D eigenvalue weighted by molar-refractivity contribution is 6.11. The molecule has 0 aliphatic rings. The minimum atomic E-state index is -0.753. The monoisotopic (exact) mass is 515 g/mol. The number of ether oxygens (including phenoxy) is 1. The van der Waals surface area contributed by atoms with E-state index < -0.39 is 17.8 Å². The van der Waals surface area contributed by atoms with Crippen LogP contribution >= 0.6 is 0 Å². The molecule has 0 aliphatic carbocycles. The molecule has 0 fully saturated rings. The van der Waals surface area contributed by atoms with Gasteiger partial charge in [-0.05, 0) is 59.5 Å². The Labute approximate surface area is 220 Å². The Balaban J connectivity index is 2.04. The van der Waals surface area contributed by atoms with Gasteiger partial charge in [0, 0.05) is 28.9 Å². The SMILES string of the molecule is C=Cc1ccc(-c2ccc(C(=O)NCC(C)C)nc2C(=O)OC)c(C(=O)Nc2ccc(C(N)=NO)cc2)c1. The number of nitrogens with one attached hydrogen (secondary N) is 2. The molecule has 2 aromatic carbocycles. The van der Waals surface area contributed by atoms with Crippen molar-refractivity contribution in [2.24, 2.45) is 16.8 Å². The van der Waals surface area contributed by atoms with Crippen molar-refractivity contribution in [3.63, 3.8) is 0 Å². The Hall–Kier alpha value is -4.99. The predicted octanol–water partition coefficient (Wildman–Crippen LogP) is 3.91. The Morgan fingerprint density at radius 1 is 1.08 bits per heavy atom. The number of amides is 2. The average Bonchev–Trinajstić information content (AvgIpc) is 2.94. The lowest BCUT2D eigenvalue weighted by molar-refractivity contribution is 0.0594. The predicted molar refractivity (Wildman–Crippen MR) is 145 cm³/mol. The number of amidine groups is 1. The van der Waals surface area contributed by atoms with Crippen molar-refractivity contribution < 1.29 is 24.3 Å². The topological polar surface area (TPSA) is 156 Å². The smallest absolute Gasteiger partial charge is 0.357 e. The molecule has 0 aliphatic heterocycles. The van der Waals surface area contributed by atoms with Crippen LogP contribution in [0.1, 0.15) is 56.3 Å². The number of rotatable bonds is 9. The minimum Gasteiger partial charge on any atom is -0.464 e. The highest BCUT2D eigenvalue weighted by Gasteiger charge is 2.23. The van der Waals surface area contributed by atoms with Gasteiger partial charge in [0.2, 0.25) is 0 Å². The van der Waals surface area contributed by atoms with Crippen LogP contribution in [0.4, 0.5) is 5.69 Å². The van der Waals surface area contributed by atoms with Gasteiger partial charge in [-0.2, -0.15) is 0 Å². The Kier molecular flexibility index (Phi) is 8.94. The van der Waals surface area contributed by atoms with E-state index in [1.165, 1.54) is 13.2 Å². The van der Waals surface area contributed by atoms with Crippen molar-refractivity contribution in [3.05, 3.63) is 89.3 Å². The largest absolute Gasteiger partial charge is 0.464 e. The standard InChI is InChI=1S/C28H29N5O5/c1-5-17-6-11-20(22(14-17)26(34)31-19-9-7-18(8-10-19)25(29)33-37)21-12-13-23(27(35)30-15-16(2)3)32-24(21)28(36)38-4/h5-14,16,37H,1,15H2,2-4H3,(H2,29,33)(H,30,35)(H,31,34). The molecule has 0 saturated carbocycles. The number of oxime groups is 1. The number of hydrogen-bond acceptors (Lipinski definition) is 7. The van der Waals surface area contributed by atoms with Crippen molar-refractivity contribution in [2.45, 2.75) is 13.8 Å². The minimum absolute atomic E-state index is 0.0503. The van der Waals surface area contributed by atoms with Gasteiger partial charge in [-0.1, -0.05) is 43.8 Å². The van der Waals surface area contributed by atoms with Crippen molar-refractivity contribution in [1.82, 2.24) is 10.3 Å². The number of anilines is 1. The second-order valence-corrected chi connectivity index (χ2v) is 8.71. The van der Waals surface area contributed by atoms with Crippen LogP contribution in [-0.4, -0.2) is 47.5 Å². The van der Waals surface area contributed by atoms with Gasteiger partial charge in [0.25, 0.3) is 11.8 Å². The van der Waals surface area contributed by atoms with Gasteiger partial charge in [-0.3, -0.25) is 9.59 Å². The summed E-state index contributed by atoms with van der Waals surface area (Å²) in [5.41, 5.74) is 8.13. The summed E-state index contributed by atoms with van der Waals surface area (Å²) in [5, 5.41) is 17.4. The zero-order valence-electron chi connectivity index (χ0n) is 21.3. The molecule has 0 spiro atoms. The molecule has 10 heteroatoms. The molecule has 5 N–H and O–H groups in total. The highest BCUT2D eigenvalue weighted by atomic mass is 16.5. The number of pyridine rings is 1. The molecule has 0 radical (unpaired) electrons. The van der Waals surface area contributed by atoms with E-state index in [1.54, 1.807) is 54.6 Å². The van der Waals surface area contributed by atoms with Gasteiger partial charge in [0.1, 0.15) is 5.69 Å². The maximum atomic E-state index is 13.4. The zero-order chi connectivity index (χ0) is 27.8. The van der Waals surface area contributed by atoms with Gasteiger partial charge in [0.15, 0.2) is 11.5 Å². The molecule has 3 rings (SSSR count). The lowest BCUT2D eigenvalue weighted by Gasteiger charge is -2.15. The third-order valence-corrected chi connectivity index (χ3v) is 5.54. The summed E-state index contributed by atoms with van der Waals surface area (Å²) in [6, 6.07) is 14.5. The van der Waals surface area contributed by atoms with Crippen LogP contribution in [0, 0.1) is 5.92 Å². The normalized spacial score (nSPS) is 11.1. The highest BCUT2D eigenvalue weighted by Crippen LogP contribution is 2.29. The molecule has 196 valence electrons. The first-order valence-electron chi connectivity index (χ1n) is 11.7. The van der Waals surface area contributed by atoms with E-state index >= 15 is 0 Å². The number of hydrogen-bond donors (Lipinski definition) is 4. The number of nitrogens with two attached hydrogens (primary N) is 1. The Morgan fingerprint density at radius 3 is 2.37 bits per heavy atom. The number of carbonyl (C=O) groups is 3. The van der Waals surface area contributed by atoms with E-state index in [9.17, 15) is 14.4 Å². The fraction of sp³-hybridized carbons (Fsp3) is 0.179. The Bertz CT molecular complexity index is 1400. The van der Waals surface area contributed by atoms with Gasteiger partial charge in [-0.25, -0.2) is 9.78 Å². The van der Waals surface area contributed by atoms with Gasteiger partial charge in [0.05, 0.1) is 7.11 Å². The number of aromatic nitrogens is 1. The summed E-state index contributed by atoms with van der Waals surface area (Å²) in [7, 11) is 1.21. The maximum absolute atomic E-state index is 13.4. The first kappa shape index (κ1) is 27.6. The summed E-state index contributed by atoms with van der Waals surface area (Å²) in [4.78, 5) is 42.9. The lowest BCUT2D eigenvalue weighted by atomic mass is 9.95. The molecule has 0 saturated heterocycles. The molecule has 0 atom stereocenters. The van der Waals surface area contributed by atoms with Crippen LogP contribution in [-0.2, 0) is 4.74 Å². The van der Waals surface area contributed by atoms with E-state index in [2.05, 4.69) is 27.4 Å². The number of nitrogens with zero attached hydrogens (tertiary/aromatic N) is 2.